The summed E-state index contributed by atoms with van der Waals surface area (Å²) >= 11 is 0. The van der Waals surface area contributed by atoms with Gasteiger partial charge in [-0.2, -0.15) is 5.26 Å². The maximum Gasteiger partial charge on any atom is 0.408 e. The molecule has 0 saturated carbocycles. The minimum absolute atomic E-state index is 0.139. The summed E-state index contributed by atoms with van der Waals surface area (Å²) in [4.78, 5) is 24.7. The van der Waals surface area contributed by atoms with Crippen LogP contribution >= 0.6 is 0 Å². The van der Waals surface area contributed by atoms with Gasteiger partial charge in [0, 0.05) is 0 Å². The molecule has 0 saturated heterocycles. The average Bonchev–Trinajstić information content (AvgIpc) is 2.65. The molecule has 1 rings (SSSR count). The highest BCUT2D eigenvalue weighted by atomic mass is 16.5. The van der Waals surface area contributed by atoms with E-state index in [2.05, 4.69) is 23.6 Å². The summed E-state index contributed by atoms with van der Waals surface area (Å²) in [6.45, 7) is 6.17. The Morgan fingerprint density at radius 3 is 2.44 bits per heavy atom. The highest BCUT2D eigenvalue weighted by Crippen LogP contribution is 2.08. The van der Waals surface area contributed by atoms with Crippen molar-refractivity contribution < 1.29 is 14.3 Å². The van der Waals surface area contributed by atoms with E-state index in [1.807, 2.05) is 44.2 Å². The monoisotopic (exact) mass is 373 g/mol. The minimum atomic E-state index is -0.727. The SMILES string of the molecule is CCCCCC(C#N)NC(=O)[C@H](CC(C)C)NC(=O)OCc1ccccc1. The fraction of sp³-hybridized carbons (Fsp3) is 0.571. The summed E-state index contributed by atoms with van der Waals surface area (Å²) in [5.74, 6) is -0.140. The van der Waals surface area contributed by atoms with E-state index in [9.17, 15) is 14.9 Å². The normalized spacial score (nSPS) is 12.7. The molecule has 1 aromatic carbocycles. The zero-order chi connectivity index (χ0) is 20.1. The Kier molecular flexibility index (Phi) is 10.6. The zero-order valence-corrected chi connectivity index (χ0v) is 16.5. The highest BCUT2D eigenvalue weighted by Gasteiger charge is 2.24. The number of alkyl carbamates (subject to hydrolysis) is 1. The lowest BCUT2D eigenvalue weighted by Crippen LogP contribution is -2.50. The van der Waals surface area contributed by atoms with E-state index in [-0.39, 0.29) is 18.4 Å². The van der Waals surface area contributed by atoms with Crippen LogP contribution in [0.2, 0.25) is 0 Å². The highest BCUT2D eigenvalue weighted by molar-refractivity contribution is 5.86. The number of nitrogens with one attached hydrogen (secondary N) is 2. The number of rotatable bonds is 11. The third-order valence-corrected chi connectivity index (χ3v) is 4.10. The predicted molar refractivity (Wildman–Crippen MR) is 105 cm³/mol. The fourth-order valence-electron chi connectivity index (χ4n) is 2.65. The van der Waals surface area contributed by atoms with Crippen molar-refractivity contribution >= 4 is 12.0 Å². The maximum absolute atomic E-state index is 12.6. The van der Waals surface area contributed by atoms with Crippen molar-refractivity contribution in [1.82, 2.24) is 10.6 Å². The average molecular weight is 373 g/mol. The first kappa shape index (κ1) is 22.5. The number of carbonyl (C=O) groups is 2. The molecule has 0 fully saturated rings. The number of carbonyl (C=O) groups excluding carboxylic acids is 2. The van der Waals surface area contributed by atoms with Crippen LogP contribution in [0, 0.1) is 17.2 Å². The van der Waals surface area contributed by atoms with E-state index >= 15 is 0 Å². The lowest BCUT2D eigenvalue weighted by Gasteiger charge is -2.21. The number of hydrogen-bond donors (Lipinski definition) is 2. The van der Waals surface area contributed by atoms with Crippen LogP contribution < -0.4 is 10.6 Å². The third kappa shape index (κ3) is 9.64. The Labute approximate surface area is 162 Å². The second-order valence-corrected chi connectivity index (χ2v) is 7.07. The molecular formula is C21H31N3O3. The first-order valence-corrected chi connectivity index (χ1v) is 9.63. The smallest absolute Gasteiger partial charge is 0.408 e. The van der Waals surface area contributed by atoms with E-state index in [0.717, 1.165) is 24.8 Å². The van der Waals surface area contributed by atoms with Gasteiger partial charge in [0.25, 0.3) is 0 Å². The van der Waals surface area contributed by atoms with Crippen molar-refractivity contribution in [2.24, 2.45) is 5.92 Å². The quantitative estimate of drug-likeness (QED) is 0.575. The van der Waals surface area contributed by atoms with Gasteiger partial charge in [-0.1, -0.05) is 70.4 Å². The second-order valence-electron chi connectivity index (χ2n) is 7.07. The lowest BCUT2D eigenvalue weighted by molar-refractivity contribution is -0.123. The Morgan fingerprint density at radius 1 is 1.15 bits per heavy atom. The number of unbranched alkanes of at least 4 members (excludes halogenated alkanes) is 2. The summed E-state index contributed by atoms with van der Waals surface area (Å²) < 4.78 is 5.21. The van der Waals surface area contributed by atoms with E-state index in [4.69, 9.17) is 4.74 Å². The maximum atomic E-state index is 12.6. The first-order chi connectivity index (χ1) is 13.0. The van der Waals surface area contributed by atoms with Gasteiger partial charge >= 0.3 is 6.09 Å². The fourth-order valence-corrected chi connectivity index (χ4v) is 2.65. The summed E-state index contributed by atoms with van der Waals surface area (Å²) in [7, 11) is 0. The topological polar surface area (TPSA) is 91.2 Å². The van der Waals surface area contributed by atoms with Crippen molar-refractivity contribution in [1.29, 1.82) is 5.26 Å². The molecule has 0 aliphatic rings. The number of hydrogen-bond acceptors (Lipinski definition) is 4. The van der Waals surface area contributed by atoms with Gasteiger partial charge in [0.05, 0.1) is 6.07 Å². The Hall–Kier alpha value is -2.55. The molecule has 0 aliphatic heterocycles. The molecule has 0 heterocycles. The number of ether oxygens (including phenoxy) is 1. The van der Waals surface area contributed by atoms with Crippen molar-refractivity contribution in [3.05, 3.63) is 35.9 Å². The van der Waals surface area contributed by atoms with Gasteiger partial charge in [0.2, 0.25) is 5.91 Å². The summed E-state index contributed by atoms with van der Waals surface area (Å²) in [6.07, 6.45) is 3.41. The Balaban J connectivity index is 2.58. The van der Waals surface area contributed by atoms with E-state index in [1.165, 1.54) is 0 Å². The molecular weight excluding hydrogens is 342 g/mol. The van der Waals surface area contributed by atoms with Crippen LogP contribution in [0.4, 0.5) is 4.79 Å². The van der Waals surface area contributed by atoms with Crippen molar-refractivity contribution in [2.75, 3.05) is 0 Å². The molecule has 0 bridgehead atoms. The van der Waals surface area contributed by atoms with Crippen LogP contribution in [-0.4, -0.2) is 24.1 Å². The number of nitriles is 1. The van der Waals surface area contributed by atoms with Gasteiger partial charge < -0.3 is 15.4 Å². The van der Waals surface area contributed by atoms with Gasteiger partial charge in [0.1, 0.15) is 18.7 Å². The molecule has 1 unspecified atom stereocenters. The van der Waals surface area contributed by atoms with Gasteiger partial charge in [-0.05, 0) is 24.3 Å². The largest absolute Gasteiger partial charge is 0.445 e. The molecule has 0 radical (unpaired) electrons. The van der Waals surface area contributed by atoms with Crippen LogP contribution in [0.3, 0.4) is 0 Å². The Bertz CT molecular complexity index is 611. The van der Waals surface area contributed by atoms with Crippen LogP contribution in [0.15, 0.2) is 30.3 Å². The van der Waals surface area contributed by atoms with Crippen LogP contribution in [0.25, 0.3) is 0 Å². The third-order valence-electron chi connectivity index (χ3n) is 4.10. The van der Waals surface area contributed by atoms with Gasteiger partial charge in [-0.15, -0.1) is 0 Å². The molecule has 6 nitrogen and oxygen atoms in total. The summed E-state index contributed by atoms with van der Waals surface area (Å²) in [5.41, 5.74) is 0.873. The van der Waals surface area contributed by atoms with Crippen molar-refractivity contribution in [3.8, 4) is 6.07 Å². The number of nitrogens with zero attached hydrogens (tertiary/aromatic N) is 1. The first-order valence-electron chi connectivity index (χ1n) is 9.63. The Morgan fingerprint density at radius 2 is 1.85 bits per heavy atom. The molecule has 2 amide bonds. The molecule has 0 aromatic heterocycles. The van der Waals surface area contributed by atoms with Crippen LogP contribution in [-0.2, 0) is 16.1 Å². The molecule has 27 heavy (non-hydrogen) atoms. The van der Waals surface area contributed by atoms with Gasteiger partial charge in [-0.25, -0.2) is 4.79 Å². The number of benzene rings is 1. The molecule has 0 aliphatic carbocycles. The van der Waals surface area contributed by atoms with Crippen molar-refractivity contribution in [3.63, 3.8) is 0 Å². The van der Waals surface area contributed by atoms with E-state index in [0.29, 0.717) is 12.8 Å². The zero-order valence-electron chi connectivity index (χ0n) is 16.5. The number of amides is 2. The van der Waals surface area contributed by atoms with Crippen molar-refractivity contribution in [2.45, 2.75) is 71.6 Å². The van der Waals surface area contributed by atoms with E-state index < -0.39 is 18.2 Å². The van der Waals surface area contributed by atoms with Crippen LogP contribution in [0.5, 0.6) is 0 Å². The molecule has 6 heteroatoms. The van der Waals surface area contributed by atoms with Gasteiger partial charge in [-0.3, -0.25) is 4.79 Å². The molecule has 0 spiro atoms. The predicted octanol–water partition coefficient (Wildman–Crippen LogP) is 3.92. The summed E-state index contributed by atoms with van der Waals surface area (Å²) in [6, 6.07) is 10.2. The minimum Gasteiger partial charge on any atom is -0.445 e. The van der Waals surface area contributed by atoms with E-state index in [1.54, 1.807) is 0 Å². The second kappa shape index (κ2) is 12.7. The lowest BCUT2D eigenvalue weighted by atomic mass is 10.0. The molecule has 1 aromatic rings. The van der Waals surface area contributed by atoms with Gasteiger partial charge in [0.15, 0.2) is 0 Å². The molecule has 2 atom stereocenters. The summed E-state index contributed by atoms with van der Waals surface area (Å²) in [5, 5.41) is 14.6. The molecule has 148 valence electrons. The standard InChI is InChI=1S/C21H31N3O3/c1-4-5-7-12-18(14-22)23-20(25)19(13-16(2)3)24-21(26)27-15-17-10-8-6-9-11-17/h6,8-11,16,18-19H,4-5,7,12-13,15H2,1-3H3,(H,23,25)(H,24,26)/t18?,19-/m0/s1. The van der Waals surface area contributed by atoms with Crippen LogP contribution in [0.1, 0.15) is 58.4 Å². The molecule has 2 N–H and O–H groups in total.